The van der Waals surface area contributed by atoms with Crippen LogP contribution in [0.1, 0.15) is 5.56 Å². The summed E-state index contributed by atoms with van der Waals surface area (Å²) in [7, 11) is 0. The third kappa shape index (κ3) is 2.46. The summed E-state index contributed by atoms with van der Waals surface area (Å²) in [6.07, 6.45) is 1.27. The predicted octanol–water partition coefficient (Wildman–Crippen LogP) is -0.921. The van der Waals surface area contributed by atoms with E-state index in [1.54, 1.807) is 0 Å². The molecule has 0 bridgehead atoms. The Bertz CT molecular complexity index is 498. The van der Waals surface area contributed by atoms with E-state index in [2.05, 4.69) is 15.5 Å². The average molecular weight is 249 g/mol. The van der Waals surface area contributed by atoms with Crippen LogP contribution in [0.2, 0.25) is 0 Å². The number of morpholine rings is 1. The lowest BCUT2D eigenvalue weighted by Gasteiger charge is -2.25. The summed E-state index contributed by atoms with van der Waals surface area (Å²) in [5, 5.41) is 17.1. The summed E-state index contributed by atoms with van der Waals surface area (Å²) in [4.78, 5) is 24.8. The van der Waals surface area contributed by atoms with Gasteiger partial charge in [-0.25, -0.2) is 0 Å². The molecule has 1 aromatic rings. The molecular formula is C10H11N5O3. The smallest absolute Gasteiger partial charge is 0.315 e. The number of rotatable bonds is 1. The molecule has 2 amide bonds. The first-order valence-corrected chi connectivity index (χ1v) is 5.34. The van der Waals surface area contributed by atoms with Crippen molar-refractivity contribution in [2.45, 2.75) is 0 Å². The van der Waals surface area contributed by atoms with E-state index in [0.29, 0.717) is 26.3 Å². The van der Waals surface area contributed by atoms with Crippen LogP contribution in [0, 0.1) is 11.3 Å². The number of hydrogen-bond donors (Lipinski definition) is 2. The molecule has 1 aliphatic rings. The van der Waals surface area contributed by atoms with Crippen LogP contribution in [-0.4, -0.2) is 53.2 Å². The van der Waals surface area contributed by atoms with Crippen LogP contribution in [0.15, 0.2) is 6.20 Å². The molecule has 1 saturated heterocycles. The number of carbonyl (C=O) groups is 2. The van der Waals surface area contributed by atoms with Gasteiger partial charge < -0.3 is 15.0 Å². The van der Waals surface area contributed by atoms with Crippen molar-refractivity contribution in [3.63, 3.8) is 0 Å². The molecule has 1 aliphatic heterocycles. The number of carbonyl (C=O) groups excluding carboxylic acids is 2. The Morgan fingerprint density at radius 2 is 2.22 bits per heavy atom. The van der Waals surface area contributed by atoms with Gasteiger partial charge in [0.25, 0.3) is 0 Å². The van der Waals surface area contributed by atoms with Crippen molar-refractivity contribution >= 4 is 17.6 Å². The standard InChI is InChI=1S/C10H11N5O3/c11-5-7-6-12-14-8(7)13-9(16)10(17)15-1-3-18-4-2-15/h6H,1-4H2,(H2,12,13,14,16). The quantitative estimate of drug-likeness (QED) is 0.625. The molecule has 0 saturated carbocycles. The number of nitrogens with one attached hydrogen (secondary N) is 2. The van der Waals surface area contributed by atoms with Crippen LogP contribution in [0.5, 0.6) is 0 Å². The highest BCUT2D eigenvalue weighted by Gasteiger charge is 2.24. The number of aromatic amines is 1. The van der Waals surface area contributed by atoms with Gasteiger partial charge in [-0.3, -0.25) is 14.7 Å². The highest BCUT2D eigenvalue weighted by molar-refractivity contribution is 6.39. The molecule has 0 atom stereocenters. The number of aromatic nitrogens is 2. The largest absolute Gasteiger partial charge is 0.378 e. The Morgan fingerprint density at radius 1 is 1.50 bits per heavy atom. The summed E-state index contributed by atoms with van der Waals surface area (Å²) < 4.78 is 5.09. The molecule has 0 spiro atoms. The topological polar surface area (TPSA) is 111 Å². The zero-order chi connectivity index (χ0) is 13.0. The molecule has 0 aromatic carbocycles. The Labute approximate surface area is 103 Å². The van der Waals surface area contributed by atoms with E-state index >= 15 is 0 Å². The minimum atomic E-state index is -0.794. The van der Waals surface area contributed by atoms with Gasteiger partial charge in [-0.2, -0.15) is 10.4 Å². The SMILES string of the molecule is N#Cc1cn[nH]c1NC(=O)C(=O)N1CCOCC1. The summed E-state index contributed by atoms with van der Waals surface area (Å²) in [5.41, 5.74) is 0.179. The van der Waals surface area contributed by atoms with Crippen LogP contribution in [0.25, 0.3) is 0 Å². The summed E-state index contributed by atoms with van der Waals surface area (Å²) in [6.45, 7) is 1.62. The van der Waals surface area contributed by atoms with Crippen LogP contribution in [0.4, 0.5) is 5.82 Å². The molecule has 8 nitrogen and oxygen atoms in total. The maximum Gasteiger partial charge on any atom is 0.315 e. The predicted molar refractivity (Wildman–Crippen MR) is 59.3 cm³/mol. The molecule has 1 aromatic heterocycles. The van der Waals surface area contributed by atoms with Crippen LogP contribution in [0.3, 0.4) is 0 Å². The Balaban J connectivity index is 1.99. The van der Waals surface area contributed by atoms with Crippen molar-refractivity contribution in [2.24, 2.45) is 0 Å². The van der Waals surface area contributed by atoms with Crippen molar-refractivity contribution in [1.29, 1.82) is 5.26 Å². The van der Waals surface area contributed by atoms with Crippen LogP contribution in [-0.2, 0) is 14.3 Å². The highest BCUT2D eigenvalue weighted by Crippen LogP contribution is 2.09. The molecule has 2 heterocycles. The Kier molecular flexibility index (Phi) is 3.54. The molecular weight excluding hydrogens is 238 g/mol. The Hall–Kier alpha value is -2.40. The van der Waals surface area contributed by atoms with Gasteiger partial charge in [0.2, 0.25) is 0 Å². The first kappa shape index (κ1) is 12.1. The van der Waals surface area contributed by atoms with Crippen molar-refractivity contribution in [1.82, 2.24) is 15.1 Å². The fraction of sp³-hybridized carbons (Fsp3) is 0.400. The van der Waals surface area contributed by atoms with E-state index < -0.39 is 11.8 Å². The molecule has 1 fully saturated rings. The molecule has 2 N–H and O–H groups in total. The summed E-state index contributed by atoms with van der Waals surface area (Å²) >= 11 is 0. The minimum Gasteiger partial charge on any atom is -0.378 e. The molecule has 8 heteroatoms. The molecule has 18 heavy (non-hydrogen) atoms. The molecule has 0 aliphatic carbocycles. The molecule has 0 radical (unpaired) electrons. The van der Waals surface area contributed by atoms with E-state index in [1.807, 2.05) is 6.07 Å². The van der Waals surface area contributed by atoms with E-state index in [-0.39, 0.29) is 11.4 Å². The number of hydrogen-bond acceptors (Lipinski definition) is 5. The van der Waals surface area contributed by atoms with Gasteiger partial charge in [-0.1, -0.05) is 0 Å². The molecule has 94 valence electrons. The van der Waals surface area contributed by atoms with Crippen molar-refractivity contribution in [3.8, 4) is 6.07 Å². The minimum absolute atomic E-state index is 0.129. The van der Waals surface area contributed by atoms with E-state index in [0.717, 1.165) is 0 Å². The van der Waals surface area contributed by atoms with Crippen LogP contribution >= 0.6 is 0 Å². The summed E-state index contributed by atoms with van der Waals surface area (Å²) in [6, 6.07) is 1.85. The van der Waals surface area contributed by atoms with Crippen LogP contribution < -0.4 is 5.32 Å². The zero-order valence-corrected chi connectivity index (χ0v) is 9.47. The fourth-order valence-electron chi connectivity index (χ4n) is 1.54. The third-order valence-corrected chi connectivity index (χ3v) is 2.49. The van der Waals surface area contributed by atoms with Crippen molar-refractivity contribution in [2.75, 3.05) is 31.6 Å². The van der Waals surface area contributed by atoms with E-state index in [4.69, 9.17) is 10.00 Å². The lowest BCUT2D eigenvalue weighted by molar-refractivity contribution is -0.145. The summed E-state index contributed by atoms with van der Waals surface area (Å²) in [5.74, 6) is -1.31. The highest BCUT2D eigenvalue weighted by atomic mass is 16.5. The Morgan fingerprint density at radius 3 is 2.89 bits per heavy atom. The van der Waals surface area contributed by atoms with Gasteiger partial charge in [0.15, 0.2) is 0 Å². The number of amides is 2. The van der Waals surface area contributed by atoms with Gasteiger partial charge in [-0.05, 0) is 0 Å². The van der Waals surface area contributed by atoms with Gasteiger partial charge >= 0.3 is 11.8 Å². The average Bonchev–Trinajstić information content (AvgIpc) is 2.86. The monoisotopic (exact) mass is 249 g/mol. The third-order valence-electron chi connectivity index (χ3n) is 2.49. The molecule has 0 unspecified atom stereocenters. The second-order valence-corrected chi connectivity index (χ2v) is 3.63. The van der Waals surface area contributed by atoms with Crippen molar-refractivity contribution in [3.05, 3.63) is 11.8 Å². The van der Waals surface area contributed by atoms with Gasteiger partial charge in [0.05, 0.1) is 19.4 Å². The number of anilines is 1. The van der Waals surface area contributed by atoms with Gasteiger partial charge in [0, 0.05) is 13.1 Å². The molecule has 2 rings (SSSR count). The maximum absolute atomic E-state index is 11.8. The first-order valence-electron chi connectivity index (χ1n) is 5.34. The van der Waals surface area contributed by atoms with E-state index in [9.17, 15) is 9.59 Å². The number of H-pyrrole nitrogens is 1. The van der Waals surface area contributed by atoms with Gasteiger partial charge in [0.1, 0.15) is 17.5 Å². The normalized spacial score (nSPS) is 14.9. The second-order valence-electron chi connectivity index (χ2n) is 3.63. The lowest BCUT2D eigenvalue weighted by Crippen LogP contribution is -2.45. The maximum atomic E-state index is 11.8. The number of ether oxygens (including phenoxy) is 1. The van der Waals surface area contributed by atoms with Gasteiger partial charge in [-0.15, -0.1) is 0 Å². The second kappa shape index (κ2) is 5.29. The zero-order valence-electron chi connectivity index (χ0n) is 9.47. The first-order chi connectivity index (χ1) is 8.72. The number of nitriles is 1. The van der Waals surface area contributed by atoms with Crippen molar-refractivity contribution < 1.29 is 14.3 Å². The lowest BCUT2D eigenvalue weighted by atomic mass is 10.3. The fourth-order valence-corrected chi connectivity index (χ4v) is 1.54. The van der Waals surface area contributed by atoms with E-state index in [1.165, 1.54) is 11.1 Å². The number of nitrogens with zero attached hydrogens (tertiary/aromatic N) is 3.